The number of hydrogen-bond donors (Lipinski definition) is 0. The lowest BCUT2D eigenvalue weighted by molar-refractivity contribution is 0.202. The van der Waals surface area contributed by atoms with E-state index in [9.17, 15) is 0 Å². The van der Waals surface area contributed by atoms with Gasteiger partial charge in [0.25, 0.3) is 0 Å². The molecule has 0 atom stereocenters. The smallest absolute Gasteiger partial charge is 0.119 e. The number of alkyl halides is 1. The topological polar surface area (TPSA) is 18.5 Å². The van der Waals surface area contributed by atoms with Crippen LogP contribution < -0.4 is 4.74 Å². The Kier molecular flexibility index (Phi) is 6.70. The largest absolute Gasteiger partial charge is 0.490 e. The molecular formula is C13H17ClO2. The summed E-state index contributed by atoms with van der Waals surface area (Å²) < 4.78 is 10.5. The fourth-order valence-electron chi connectivity index (χ4n) is 1.25. The summed E-state index contributed by atoms with van der Waals surface area (Å²) in [5, 5.41) is 0. The molecule has 1 aromatic carbocycles. The number of rotatable bonds is 7. The van der Waals surface area contributed by atoms with Crippen LogP contribution in [-0.2, 0) is 11.2 Å². The van der Waals surface area contributed by atoms with Gasteiger partial charge >= 0.3 is 0 Å². The second kappa shape index (κ2) is 8.20. The van der Waals surface area contributed by atoms with Crippen molar-refractivity contribution >= 4 is 11.6 Å². The minimum Gasteiger partial charge on any atom is -0.490 e. The highest BCUT2D eigenvalue weighted by Crippen LogP contribution is 2.12. The Balaban J connectivity index is 2.36. The van der Waals surface area contributed by atoms with Crippen LogP contribution in [0.3, 0.4) is 0 Å². The molecule has 0 heterocycles. The number of halogens is 1. The maximum absolute atomic E-state index is 5.50. The van der Waals surface area contributed by atoms with E-state index < -0.39 is 0 Å². The molecule has 0 fully saturated rings. The van der Waals surface area contributed by atoms with Gasteiger partial charge in [-0.25, -0.2) is 0 Å². The summed E-state index contributed by atoms with van der Waals surface area (Å²) in [5.41, 5.74) is 1.26. The van der Waals surface area contributed by atoms with E-state index in [1.54, 1.807) is 7.11 Å². The Labute approximate surface area is 102 Å². The van der Waals surface area contributed by atoms with Gasteiger partial charge in [-0.1, -0.05) is 24.3 Å². The molecule has 0 N–H and O–H groups in total. The van der Waals surface area contributed by atoms with Crippen LogP contribution in [-0.4, -0.2) is 26.2 Å². The lowest BCUT2D eigenvalue weighted by Crippen LogP contribution is -1.96. The molecule has 0 aliphatic heterocycles. The van der Waals surface area contributed by atoms with Crippen molar-refractivity contribution < 1.29 is 9.47 Å². The standard InChI is InChI=1S/C13H17ClO2/c1-15-11-8-12-4-6-13(7-5-12)16-10-3-2-9-14/h2-7H,8-11H2,1H3. The summed E-state index contributed by atoms with van der Waals surface area (Å²) in [4.78, 5) is 0. The van der Waals surface area contributed by atoms with Gasteiger partial charge < -0.3 is 9.47 Å². The summed E-state index contributed by atoms with van der Waals surface area (Å²) in [6.45, 7) is 1.31. The quantitative estimate of drug-likeness (QED) is 0.539. The molecule has 0 saturated heterocycles. The van der Waals surface area contributed by atoms with Crippen LogP contribution >= 0.6 is 11.6 Å². The normalized spacial score (nSPS) is 10.9. The van der Waals surface area contributed by atoms with Gasteiger partial charge in [0.05, 0.1) is 6.61 Å². The molecule has 0 aliphatic carbocycles. The summed E-state index contributed by atoms with van der Waals surface area (Å²) in [6.07, 6.45) is 4.71. The van der Waals surface area contributed by atoms with Gasteiger partial charge in [-0.3, -0.25) is 0 Å². The van der Waals surface area contributed by atoms with Gasteiger partial charge in [0.2, 0.25) is 0 Å². The fourth-order valence-corrected chi connectivity index (χ4v) is 1.37. The number of methoxy groups -OCH3 is 1. The van der Waals surface area contributed by atoms with Crippen molar-refractivity contribution in [3.05, 3.63) is 42.0 Å². The van der Waals surface area contributed by atoms with E-state index in [1.165, 1.54) is 5.56 Å². The molecule has 0 aliphatic rings. The van der Waals surface area contributed by atoms with Gasteiger partial charge in [-0.05, 0) is 24.1 Å². The third-order valence-corrected chi connectivity index (χ3v) is 2.30. The summed E-state index contributed by atoms with van der Waals surface area (Å²) in [6, 6.07) is 8.05. The van der Waals surface area contributed by atoms with E-state index in [4.69, 9.17) is 21.1 Å². The van der Waals surface area contributed by atoms with Crippen LogP contribution in [0.2, 0.25) is 0 Å². The highest BCUT2D eigenvalue weighted by molar-refractivity contribution is 6.18. The maximum Gasteiger partial charge on any atom is 0.119 e. The van der Waals surface area contributed by atoms with E-state index in [1.807, 2.05) is 24.3 Å². The van der Waals surface area contributed by atoms with Crippen molar-refractivity contribution in [3.8, 4) is 5.75 Å². The van der Waals surface area contributed by atoms with E-state index in [-0.39, 0.29) is 0 Å². The van der Waals surface area contributed by atoms with E-state index in [2.05, 4.69) is 12.1 Å². The molecule has 1 aromatic rings. The second-order valence-electron chi connectivity index (χ2n) is 3.32. The van der Waals surface area contributed by atoms with E-state index in [0.717, 1.165) is 18.8 Å². The van der Waals surface area contributed by atoms with Crippen LogP contribution in [0.15, 0.2) is 36.4 Å². The number of ether oxygens (including phenoxy) is 2. The third kappa shape index (κ3) is 5.19. The molecule has 0 spiro atoms. The van der Waals surface area contributed by atoms with E-state index >= 15 is 0 Å². The first-order valence-corrected chi connectivity index (χ1v) is 5.82. The van der Waals surface area contributed by atoms with E-state index in [0.29, 0.717) is 12.5 Å². The Morgan fingerprint density at radius 3 is 2.56 bits per heavy atom. The summed E-state index contributed by atoms with van der Waals surface area (Å²) >= 11 is 5.50. The maximum atomic E-state index is 5.50. The molecule has 3 heteroatoms. The minimum atomic E-state index is 0.527. The Bertz CT molecular complexity index is 306. The third-order valence-electron chi connectivity index (χ3n) is 2.12. The van der Waals surface area contributed by atoms with Crippen LogP contribution in [0.4, 0.5) is 0 Å². The van der Waals surface area contributed by atoms with Gasteiger partial charge in [-0.15, -0.1) is 11.6 Å². The van der Waals surface area contributed by atoms with Gasteiger partial charge in [-0.2, -0.15) is 0 Å². The Hall–Kier alpha value is -0.990. The number of allylic oxidation sites excluding steroid dienone is 1. The molecule has 0 saturated carbocycles. The first-order chi connectivity index (χ1) is 7.86. The highest BCUT2D eigenvalue weighted by Gasteiger charge is 1.94. The average Bonchev–Trinajstić information content (AvgIpc) is 2.33. The molecule has 1 rings (SSSR count). The zero-order valence-electron chi connectivity index (χ0n) is 9.49. The first kappa shape index (κ1) is 13.1. The van der Waals surface area contributed by atoms with Crippen LogP contribution in [0, 0.1) is 0 Å². The van der Waals surface area contributed by atoms with Crippen molar-refractivity contribution in [1.29, 1.82) is 0 Å². The summed E-state index contributed by atoms with van der Waals surface area (Å²) in [5.74, 6) is 1.40. The lowest BCUT2D eigenvalue weighted by Gasteiger charge is -2.04. The van der Waals surface area contributed by atoms with Crippen molar-refractivity contribution in [3.63, 3.8) is 0 Å². The van der Waals surface area contributed by atoms with Gasteiger partial charge in [0.1, 0.15) is 12.4 Å². The van der Waals surface area contributed by atoms with Crippen LogP contribution in [0.1, 0.15) is 5.56 Å². The van der Waals surface area contributed by atoms with Crippen molar-refractivity contribution in [1.82, 2.24) is 0 Å². The predicted octanol–water partition coefficient (Wildman–Crippen LogP) is 3.05. The molecule has 0 bridgehead atoms. The van der Waals surface area contributed by atoms with Crippen molar-refractivity contribution in [2.24, 2.45) is 0 Å². The molecule has 2 nitrogen and oxygen atoms in total. The summed E-state index contributed by atoms with van der Waals surface area (Å²) in [7, 11) is 1.71. The molecule has 0 amide bonds. The predicted molar refractivity (Wildman–Crippen MR) is 67.4 cm³/mol. The van der Waals surface area contributed by atoms with Crippen LogP contribution in [0.25, 0.3) is 0 Å². The lowest BCUT2D eigenvalue weighted by atomic mass is 10.1. The molecule has 16 heavy (non-hydrogen) atoms. The molecule has 88 valence electrons. The molecular weight excluding hydrogens is 224 g/mol. The Morgan fingerprint density at radius 2 is 1.94 bits per heavy atom. The zero-order valence-corrected chi connectivity index (χ0v) is 10.2. The fraction of sp³-hybridized carbons (Fsp3) is 0.385. The number of hydrogen-bond acceptors (Lipinski definition) is 2. The van der Waals surface area contributed by atoms with Crippen LogP contribution in [0.5, 0.6) is 5.75 Å². The number of benzene rings is 1. The minimum absolute atomic E-state index is 0.527. The highest BCUT2D eigenvalue weighted by atomic mass is 35.5. The van der Waals surface area contributed by atoms with Crippen molar-refractivity contribution in [2.75, 3.05) is 26.2 Å². The van der Waals surface area contributed by atoms with Crippen molar-refractivity contribution in [2.45, 2.75) is 6.42 Å². The molecule has 0 aromatic heterocycles. The van der Waals surface area contributed by atoms with Gasteiger partial charge in [0, 0.05) is 13.0 Å². The van der Waals surface area contributed by atoms with Gasteiger partial charge in [0.15, 0.2) is 0 Å². The Morgan fingerprint density at radius 1 is 1.19 bits per heavy atom. The first-order valence-electron chi connectivity index (χ1n) is 5.28. The zero-order chi connectivity index (χ0) is 11.6. The average molecular weight is 241 g/mol. The monoisotopic (exact) mass is 240 g/mol. The second-order valence-corrected chi connectivity index (χ2v) is 3.63. The SMILES string of the molecule is COCCc1ccc(OCC=CCCl)cc1. The molecule has 0 unspecified atom stereocenters. The molecule has 0 radical (unpaired) electrons.